The van der Waals surface area contributed by atoms with Crippen LogP contribution in [-0.4, -0.2) is 32.6 Å². The van der Waals surface area contributed by atoms with Gasteiger partial charge in [0.1, 0.15) is 11.4 Å². The number of hydrogen-bond donors (Lipinski definition) is 2. The zero-order valence-electron chi connectivity index (χ0n) is 18.7. The highest BCUT2D eigenvalue weighted by atomic mass is 16.5. The molecule has 0 saturated heterocycles. The van der Waals surface area contributed by atoms with Gasteiger partial charge in [0.2, 0.25) is 5.91 Å². The van der Waals surface area contributed by atoms with Crippen LogP contribution in [0.25, 0.3) is 6.08 Å². The van der Waals surface area contributed by atoms with Gasteiger partial charge >= 0.3 is 0 Å². The fourth-order valence-corrected chi connectivity index (χ4v) is 2.70. The molecule has 2 amide bonds. The summed E-state index contributed by atoms with van der Waals surface area (Å²) < 4.78 is 16.2. The monoisotopic (exact) mass is 426 g/mol. The van der Waals surface area contributed by atoms with E-state index in [2.05, 4.69) is 24.5 Å². The molecule has 0 aliphatic heterocycles. The lowest BCUT2D eigenvalue weighted by Gasteiger charge is -2.12. The summed E-state index contributed by atoms with van der Waals surface area (Å²) >= 11 is 0. The Morgan fingerprint density at radius 2 is 1.68 bits per heavy atom. The second-order valence-corrected chi connectivity index (χ2v) is 7.36. The van der Waals surface area contributed by atoms with Gasteiger partial charge in [-0.2, -0.15) is 0 Å². The molecule has 2 N–H and O–H groups in total. The molecule has 0 atom stereocenters. The first-order valence-electron chi connectivity index (χ1n) is 10.1. The number of carbonyl (C=O) groups excluding carboxylic acids is 2. The molecule has 7 nitrogen and oxygen atoms in total. The van der Waals surface area contributed by atoms with Crippen molar-refractivity contribution in [3.63, 3.8) is 0 Å². The first kappa shape index (κ1) is 23.8. The maximum atomic E-state index is 12.8. The zero-order chi connectivity index (χ0) is 22.8. The largest absolute Gasteiger partial charge is 0.494 e. The van der Waals surface area contributed by atoms with Crippen LogP contribution in [0.5, 0.6) is 17.2 Å². The minimum atomic E-state index is -0.446. The van der Waals surface area contributed by atoms with E-state index in [0.29, 0.717) is 35.3 Å². The van der Waals surface area contributed by atoms with E-state index in [4.69, 9.17) is 14.2 Å². The number of hydrogen-bond acceptors (Lipinski definition) is 5. The van der Waals surface area contributed by atoms with E-state index in [0.717, 1.165) is 12.2 Å². The van der Waals surface area contributed by atoms with Crippen LogP contribution in [0, 0.1) is 5.92 Å². The second-order valence-electron chi connectivity index (χ2n) is 7.36. The SMILES string of the molecule is COc1ccc(/C=C(\NC(C)=O)C(=O)Nc2ccc(OCCC(C)C)cc2)cc1OC. The Hall–Kier alpha value is -3.48. The molecule has 2 aromatic rings. The van der Waals surface area contributed by atoms with E-state index in [1.807, 2.05) is 0 Å². The van der Waals surface area contributed by atoms with E-state index < -0.39 is 5.91 Å². The van der Waals surface area contributed by atoms with Crippen molar-refractivity contribution in [2.24, 2.45) is 5.92 Å². The highest BCUT2D eigenvalue weighted by molar-refractivity contribution is 6.08. The fourth-order valence-electron chi connectivity index (χ4n) is 2.70. The van der Waals surface area contributed by atoms with Crippen LogP contribution in [-0.2, 0) is 9.59 Å². The molecule has 0 fully saturated rings. The Bertz CT molecular complexity index is 920. The van der Waals surface area contributed by atoms with E-state index in [1.54, 1.807) is 55.7 Å². The van der Waals surface area contributed by atoms with Gasteiger partial charge < -0.3 is 24.8 Å². The van der Waals surface area contributed by atoms with Gasteiger partial charge in [-0.15, -0.1) is 0 Å². The lowest BCUT2D eigenvalue weighted by Crippen LogP contribution is -2.28. The lowest BCUT2D eigenvalue weighted by atomic mass is 10.1. The predicted octanol–water partition coefficient (Wildman–Crippen LogP) is 4.24. The molecule has 0 unspecified atom stereocenters. The molecule has 0 heterocycles. The third-order valence-electron chi connectivity index (χ3n) is 4.35. The Morgan fingerprint density at radius 3 is 2.26 bits per heavy atom. The molecular weight excluding hydrogens is 396 g/mol. The molecular formula is C24H30N2O5. The highest BCUT2D eigenvalue weighted by Crippen LogP contribution is 2.28. The van der Waals surface area contributed by atoms with Gasteiger partial charge in [-0.1, -0.05) is 19.9 Å². The number of benzene rings is 2. The van der Waals surface area contributed by atoms with Crippen molar-refractivity contribution in [2.75, 3.05) is 26.1 Å². The van der Waals surface area contributed by atoms with E-state index in [-0.39, 0.29) is 11.6 Å². The van der Waals surface area contributed by atoms with Crippen LogP contribution >= 0.6 is 0 Å². The van der Waals surface area contributed by atoms with Crippen molar-refractivity contribution in [1.82, 2.24) is 5.32 Å². The van der Waals surface area contributed by atoms with E-state index >= 15 is 0 Å². The molecule has 31 heavy (non-hydrogen) atoms. The minimum Gasteiger partial charge on any atom is -0.494 e. The summed E-state index contributed by atoms with van der Waals surface area (Å²) in [6.07, 6.45) is 2.54. The van der Waals surface area contributed by atoms with Gasteiger partial charge in [-0.25, -0.2) is 0 Å². The smallest absolute Gasteiger partial charge is 0.272 e. The topological polar surface area (TPSA) is 85.9 Å². The van der Waals surface area contributed by atoms with Crippen LogP contribution < -0.4 is 24.8 Å². The molecule has 0 aliphatic rings. The molecule has 0 spiro atoms. The van der Waals surface area contributed by atoms with Crippen LogP contribution in [0.4, 0.5) is 5.69 Å². The van der Waals surface area contributed by atoms with Gasteiger partial charge in [0, 0.05) is 12.6 Å². The lowest BCUT2D eigenvalue weighted by molar-refractivity contribution is -0.120. The van der Waals surface area contributed by atoms with Crippen molar-refractivity contribution in [1.29, 1.82) is 0 Å². The average Bonchev–Trinajstić information content (AvgIpc) is 2.73. The van der Waals surface area contributed by atoms with E-state index in [9.17, 15) is 9.59 Å². The van der Waals surface area contributed by atoms with Crippen LogP contribution in [0.2, 0.25) is 0 Å². The normalized spacial score (nSPS) is 11.1. The van der Waals surface area contributed by atoms with Crippen molar-refractivity contribution < 1.29 is 23.8 Å². The summed E-state index contributed by atoms with van der Waals surface area (Å²) in [6, 6.07) is 12.3. The minimum absolute atomic E-state index is 0.108. The molecule has 7 heteroatoms. The molecule has 0 saturated carbocycles. The first-order valence-corrected chi connectivity index (χ1v) is 10.1. The van der Waals surface area contributed by atoms with Crippen LogP contribution in [0.15, 0.2) is 48.2 Å². The molecule has 2 rings (SSSR count). The number of anilines is 1. The average molecular weight is 427 g/mol. The summed E-state index contributed by atoms with van der Waals surface area (Å²) in [7, 11) is 3.08. The summed E-state index contributed by atoms with van der Waals surface area (Å²) in [4.78, 5) is 24.4. The molecule has 0 aromatic heterocycles. The van der Waals surface area contributed by atoms with E-state index in [1.165, 1.54) is 14.0 Å². The van der Waals surface area contributed by atoms with Crippen molar-refractivity contribution >= 4 is 23.6 Å². The molecule has 0 aliphatic carbocycles. The standard InChI is InChI=1S/C24H30N2O5/c1-16(2)12-13-31-20-9-7-19(8-10-20)26-24(28)21(25-17(3)27)14-18-6-11-22(29-4)23(15-18)30-5/h6-11,14-16H,12-13H2,1-5H3,(H,25,27)(H,26,28)/b21-14-. The summed E-state index contributed by atoms with van der Waals surface area (Å²) in [5.41, 5.74) is 1.37. The maximum Gasteiger partial charge on any atom is 0.272 e. The molecule has 0 bridgehead atoms. The van der Waals surface area contributed by atoms with Crippen LogP contribution in [0.1, 0.15) is 32.8 Å². The van der Waals surface area contributed by atoms with Crippen molar-refractivity contribution in [3.05, 3.63) is 53.7 Å². The Labute approximate surface area is 183 Å². The van der Waals surface area contributed by atoms with Crippen molar-refractivity contribution in [2.45, 2.75) is 27.2 Å². The Morgan fingerprint density at radius 1 is 1.00 bits per heavy atom. The fraction of sp³-hybridized carbons (Fsp3) is 0.333. The summed E-state index contributed by atoms with van der Waals surface area (Å²) in [6.45, 7) is 6.28. The zero-order valence-corrected chi connectivity index (χ0v) is 18.7. The van der Waals surface area contributed by atoms with Gasteiger partial charge in [0.15, 0.2) is 11.5 Å². The number of methoxy groups -OCH3 is 2. The molecule has 166 valence electrons. The Kier molecular flexibility index (Phi) is 8.94. The number of ether oxygens (including phenoxy) is 3. The maximum absolute atomic E-state index is 12.8. The predicted molar refractivity (Wildman–Crippen MR) is 121 cm³/mol. The number of carbonyl (C=O) groups is 2. The highest BCUT2D eigenvalue weighted by Gasteiger charge is 2.13. The van der Waals surface area contributed by atoms with Crippen LogP contribution in [0.3, 0.4) is 0 Å². The summed E-state index contributed by atoms with van der Waals surface area (Å²) in [5.74, 6) is 1.60. The number of rotatable bonds is 10. The quantitative estimate of drug-likeness (QED) is 0.555. The van der Waals surface area contributed by atoms with Gasteiger partial charge in [0.25, 0.3) is 5.91 Å². The van der Waals surface area contributed by atoms with Gasteiger partial charge in [-0.05, 0) is 60.4 Å². The van der Waals surface area contributed by atoms with Crippen molar-refractivity contribution in [3.8, 4) is 17.2 Å². The first-order chi connectivity index (χ1) is 14.8. The molecule has 0 radical (unpaired) electrons. The third kappa shape index (κ3) is 7.70. The van der Waals surface area contributed by atoms with Gasteiger partial charge in [0.05, 0.1) is 20.8 Å². The summed E-state index contributed by atoms with van der Waals surface area (Å²) in [5, 5.41) is 5.36. The third-order valence-corrected chi connectivity index (χ3v) is 4.35. The van der Waals surface area contributed by atoms with Gasteiger partial charge in [-0.3, -0.25) is 9.59 Å². The Balaban J connectivity index is 2.14. The number of nitrogens with one attached hydrogen (secondary N) is 2. The second kappa shape index (κ2) is 11.6. The molecule has 2 aromatic carbocycles. The number of amides is 2.